The van der Waals surface area contributed by atoms with Gasteiger partial charge in [-0.2, -0.15) is 0 Å². The second-order valence-electron chi connectivity index (χ2n) is 3.96. The van der Waals surface area contributed by atoms with Crippen LogP contribution in [0.4, 0.5) is 0 Å². The second kappa shape index (κ2) is 5.65. The molecule has 1 unspecified atom stereocenters. The van der Waals surface area contributed by atoms with Crippen LogP contribution in [0.3, 0.4) is 0 Å². The number of hydrogen-bond acceptors (Lipinski definition) is 2. The normalized spacial score (nSPS) is 11.9. The van der Waals surface area contributed by atoms with Gasteiger partial charge in [0, 0.05) is 12.4 Å². The number of carbonyl (C=O) groups excluding carboxylic acids is 1. The highest BCUT2D eigenvalue weighted by atomic mass is 35.5. The summed E-state index contributed by atoms with van der Waals surface area (Å²) in [5.74, 6) is -0.196. The van der Waals surface area contributed by atoms with Crippen molar-refractivity contribution < 1.29 is 4.79 Å². The highest BCUT2D eigenvalue weighted by Crippen LogP contribution is 2.16. The third-order valence-electron chi connectivity index (χ3n) is 2.66. The molecule has 0 aliphatic heterocycles. The zero-order valence-electron chi connectivity index (χ0n) is 9.93. The molecule has 4 heteroatoms. The lowest BCUT2D eigenvalue weighted by molar-refractivity contribution is 0.0940. The molecule has 1 heterocycles. The predicted octanol–water partition coefficient (Wildman–Crippen LogP) is 3.23. The second-order valence-corrected chi connectivity index (χ2v) is 4.37. The van der Waals surface area contributed by atoms with Crippen LogP contribution >= 0.6 is 11.6 Å². The molecule has 92 valence electrons. The van der Waals surface area contributed by atoms with Crippen LogP contribution in [0.15, 0.2) is 48.8 Å². The number of benzene rings is 1. The molecular formula is C14H13ClN2O. The fraction of sp³-hybridized carbons (Fsp3) is 0.143. The molecule has 0 bridgehead atoms. The summed E-state index contributed by atoms with van der Waals surface area (Å²) in [6.07, 6.45) is 3.01. The zero-order chi connectivity index (χ0) is 13.0. The number of carbonyl (C=O) groups is 1. The number of nitrogens with one attached hydrogen (secondary N) is 1. The van der Waals surface area contributed by atoms with Gasteiger partial charge in [0.15, 0.2) is 0 Å². The summed E-state index contributed by atoms with van der Waals surface area (Å²) in [6, 6.07) is 11.3. The van der Waals surface area contributed by atoms with Crippen molar-refractivity contribution in [3.63, 3.8) is 0 Å². The van der Waals surface area contributed by atoms with Crippen LogP contribution in [0.25, 0.3) is 0 Å². The quantitative estimate of drug-likeness (QED) is 0.921. The standard InChI is InChI=1S/C14H13ClN2O/c1-10(11-5-3-2-4-6-11)17-14(18)12-7-8-16-9-13(12)15/h2-10H,1H3,(H,17,18). The molecule has 1 amide bonds. The fourth-order valence-corrected chi connectivity index (χ4v) is 1.86. The SMILES string of the molecule is CC(NC(=O)c1ccncc1Cl)c1ccccc1. The minimum atomic E-state index is -0.196. The Bertz CT molecular complexity index is 543. The summed E-state index contributed by atoms with van der Waals surface area (Å²) >= 11 is 5.93. The summed E-state index contributed by atoms with van der Waals surface area (Å²) in [6.45, 7) is 1.93. The van der Waals surface area contributed by atoms with E-state index in [-0.39, 0.29) is 11.9 Å². The largest absolute Gasteiger partial charge is 0.345 e. The Hall–Kier alpha value is -1.87. The van der Waals surface area contributed by atoms with Crippen molar-refractivity contribution in [2.75, 3.05) is 0 Å². The molecule has 2 aromatic rings. The number of nitrogens with zero attached hydrogens (tertiary/aromatic N) is 1. The molecule has 18 heavy (non-hydrogen) atoms. The van der Waals surface area contributed by atoms with E-state index >= 15 is 0 Å². The van der Waals surface area contributed by atoms with Crippen molar-refractivity contribution in [2.45, 2.75) is 13.0 Å². The summed E-state index contributed by atoms with van der Waals surface area (Å²) < 4.78 is 0. The Labute approximate surface area is 111 Å². The number of rotatable bonds is 3. The van der Waals surface area contributed by atoms with Gasteiger partial charge in [-0.1, -0.05) is 41.9 Å². The maximum atomic E-state index is 12.0. The monoisotopic (exact) mass is 260 g/mol. The lowest BCUT2D eigenvalue weighted by atomic mass is 10.1. The van der Waals surface area contributed by atoms with Gasteiger partial charge in [0.2, 0.25) is 0 Å². The van der Waals surface area contributed by atoms with Crippen LogP contribution in [0, 0.1) is 0 Å². The van der Waals surface area contributed by atoms with E-state index in [4.69, 9.17) is 11.6 Å². The van der Waals surface area contributed by atoms with Gasteiger partial charge in [0.05, 0.1) is 16.6 Å². The molecule has 1 aromatic carbocycles. The van der Waals surface area contributed by atoms with Gasteiger partial charge < -0.3 is 5.32 Å². The number of amides is 1. The maximum absolute atomic E-state index is 12.0. The Morgan fingerprint density at radius 1 is 1.28 bits per heavy atom. The molecular weight excluding hydrogens is 248 g/mol. The average molecular weight is 261 g/mol. The summed E-state index contributed by atoms with van der Waals surface area (Å²) in [4.78, 5) is 15.9. The van der Waals surface area contributed by atoms with Crippen LogP contribution in [-0.2, 0) is 0 Å². The summed E-state index contributed by atoms with van der Waals surface area (Å²) in [7, 11) is 0. The minimum absolute atomic E-state index is 0.0667. The number of halogens is 1. The van der Waals surface area contributed by atoms with Crippen molar-refractivity contribution in [1.82, 2.24) is 10.3 Å². The summed E-state index contributed by atoms with van der Waals surface area (Å²) in [5.41, 5.74) is 1.49. The van der Waals surface area contributed by atoms with Crippen LogP contribution in [0.1, 0.15) is 28.9 Å². The predicted molar refractivity (Wildman–Crippen MR) is 71.6 cm³/mol. The van der Waals surface area contributed by atoms with Crippen LogP contribution in [-0.4, -0.2) is 10.9 Å². The summed E-state index contributed by atoms with van der Waals surface area (Å²) in [5, 5.41) is 3.26. The van der Waals surface area contributed by atoms with Crippen LogP contribution in [0.2, 0.25) is 5.02 Å². The molecule has 1 atom stereocenters. The van der Waals surface area contributed by atoms with Crippen molar-refractivity contribution >= 4 is 17.5 Å². The van der Waals surface area contributed by atoms with Gasteiger partial charge in [-0.05, 0) is 18.6 Å². The molecule has 0 saturated heterocycles. The molecule has 0 radical (unpaired) electrons. The number of hydrogen-bond donors (Lipinski definition) is 1. The van der Waals surface area contributed by atoms with E-state index in [0.717, 1.165) is 5.56 Å². The highest BCUT2D eigenvalue weighted by molar-refractivity contribution is 6.33. The van der Waals surface area contributed by atoms with Crippen molar-refractivity contribution in [3.8, 4) is 0 Å². The first-order valence-corrected chi connectivity index (χ1v) is 6.01. The molecule has 0 spiro atoms. The number of aromatic nitrogens is 1. The van der Waals surface area contributed by atoms with E-state index < -0.39 is 0 Å². The van der Waals surface area contributed by atoms with Crippen molar-refractivity contribution in [2.24, 2.45) is 0 Å². The maximum Gasteiger partial charge on any atom is 0.253 e. The van der Waals surface area contributed by atoms with Crippen LogP contribution < -0.4 is 5.32 Å². The Morgan fingerprint density at radius 3 is 2.67 bits per heavy atom. The van der Waals surface area contributed by atoms with E-state index in [0.29, 0.717) is 10.6 Å². The third kappa shape index (κ3) is 2.87. The molecule has 3 nitrogen and oxygen atoms in total. The topological polar surface area (TPSA) is 42.0 Å². The van der Waals surface area contributed by atoms with Gasteiger partial charge >= 0.3 is 0 Å². The lowest BCUT2D eigenvalue weighted by Gasteiger charge is -2.14. The zero-order valence-corrected chi connectivity index (χ0v) is 10.7. The lowest BCUT2D eigenvalue weighted by Crippen LogP contribution is -2.26. The van der Waals surface area contributed by atoms with Gasteiger partial charge in [0.25, 0.3) is 5.91 Å². The molecule has 0 aliphatic carbocycles. The van der Waals surface area contributed by atoms with Gasteiger partial charge in [0.1, 0.15) is 0 Å². The number of pyridine rings is 1. The Kier molecular flexibility index (Phi) is 3.95. The molecule has 0 aliphatic rings. The molecule has 2 rings (SSSR count). The van der Waals surface area contributed by atoms with Gasteiger partial charge in [-0.3, -0.25) is 9.78 Å². The van der Waals surface area contributed by atoms with E-state index in [1.165, 1.54) is 6.20 Å². The average Bonchev–Trinajstić information content (AvgIpc) is 2.40. The molecule has 0 fully saturated rings. The molecule has 0 saturated carbocycles. The van der Waals surface area contributed by atoms with E-state index in [1.807, 2.05) is 37.3 Å². The van der Waals surface area contributed by atoms with Crippen molar-refractivity contribution in [1.29, 1.82) is 0 Å². The molecule has 1 N–H and O–H groups in total. The highest BCUT2D eigenvalue weighted by Gasteiger charge is 2.13. The fourth-order valence-electron chi connectivity index (χ4n) is 1.66. The van der Waals surface area contributed by atoms with Crippen LogP contribution in [0.5, 0.6) is 0 Å². The third-order valence-corrected chi connectivity index (χ3v) is 2.97. The minimum Gasteiger partial charge on any atom is -0.345 e. The smallest absolute Gasteiger partial charge is 0.253 e. The first kappa shape index (κ1) is 12.6. The molecule has 1 aromatic heterocycles. The first-order valence-electron chi connectivity index (χ1n) is 5.64. The Balaban J connectivity index is 2.11. The Morgan fingerprint density at radius 2 is 2.00 bits per heavy atom. The first-order chi connectivity index (χ1) is 8.68. The van der Waals surface area contributed by atoms with Gasteiger partial charge in [-0.15, -0.1) is 0 Å². The van der Waals surface area contributed by atoms with Crippen molar-refractivity contribution in [3.05, 3.63) is 64.9 Å². The van der Waals surface area contributed by atoms with E-state index in [2.05, 4.69) is 10.3 Å². The van der Waals surface area contributed by atoms with E-state index in [9.17, 15) is 4.79 Å². The van der Waals surface area contributed by atoms with E-state index in [1.54, 1.807) is 12.3 Å². The van der Waals surface area contributed by atoms with Gasteiger partial charge in [-0.25, -0.2) is 0 Å².